The van der Waals surface area contributed by atoms with Crippen LogP contribution in [-0.2, 0) is 24.3 Å². The Morgan fingerprint density at radius 1 is 1.35 bits per heavy atom. The average Bonchev–Trinajstić information content (AvgIpc) is 3.15. The molecular weight excluding hydrogens is 362 g/mol. The number of carbonyl (C=O) groups is 2. The molecule has 2 rings (SSSR count). The SMILES string of the molecule is Cc1csc(NC(=O)COC(=O)CNS(=O)(=O)c2cccs2)n1. The molecule has 1 amide bonds. The van der Waals surface area contributed by atoms with Crippen molar-refractivity contribution in [2.45, 2.75) is 11.1 Å². The molecule has 11 heteroatoms. The van der Waals surface area contributed by atoms with Crippen LogP contribution in [0.1, 0.15) is 5.69 Å². The van der Waals surface area contributed by atoms with Gasteiger partial charge in [0, 0.05) is 5.38 Å². The molecule has 2 N–H and O–H groups in total. The summed E-state index contributed by atoms with van der Waals surface area (Å²) in [7, 11) is -3.74. The molecule has 2 heterocycles. The van der Waals surface area contributed by atoms with Crippen LogP contribution in [0.4, 0.5) is 5.13 Å². The van der Waals surface area contributed by atoms with Crippen LogP contribution >= 0.6 is 22.7 Å². The highest BCUT2D eigenvalue weighted by Gasteiger charge is 2.17. The zero-order valence-corrected chi connectivity index (χ0v) is 14.4. The molecule has 2 aromatic heterocycles. The predicted molar refractivity (Wildman–Crippen MR) is 85.9 cm³/mol. The molecule has 0 spiro atoms. The molecule has 0 saturated heterocycles. The van der Waals surface area contributed by atoms with E-state index in [-0.39, 0.29) is 4.21 Å². The summed E-state index contributed by atoms with van der Waals surface area (Å²) < 4.78 is 30.5. The van der Waals surface area contributed by atoms with Crippen LogP contribution in [0.5, 0.6) is 0 Å². The van der Waals surface area contributed by atoms with Crippen molar-refractivity contribution in [3.8, 4) is 0 Å². The van der Waals surface area contributed by atoms with Gasteiger partial charge >= 0.3 is 5.97 Å². The van der Waals surface area contributed by atoms with E-state index in [1.54, 1.807) is 23.8 Å². The summed E-state index contributed by atoms with van der Waals surface area (Å²) in [6.45, 7) is 0.716. The maximum absolute atomic E-state index is 11.8. The van der Waals surface area contributed by atoms with E-state index >= 15 is 0 Å². The van der Waals surface area contributed by atoms with Crippen LogP contribution in [0.2, 0.25) is 0 Å². The first-order chi connectivity index (χ1) is 10.9. The molecule has 0 aliphatic heterocycles. The third kappa shape index (κ3) is 5.39. The van der Waals surface area contributed by atoms with Gasteiger partial charge in [0.05, 0.1) is 5.69 Å². The van der Waals surface area contributed by atoms with E-state index in [4.69, 9.17) is 4.74 Å². The largest absolute Gasteiger partial charge is 0.455 e. The zero-order valence-electron chi connectivity index (χ0n) is 11.9. The van der Waals surface area contributed by atoms with Crippen LogP contribution in [0.15, 0.2) is 27.1 Å². The summed E-state index contributed by atoms with van der Waals surface area (Å²) in [5, 5.41) is 6.25. The second-order valence-corrected chi connectivity index (χ2v) is 8.06. The van der Waals surface area contributed by atoms with Gasteiger partial charge in [0.25, 0.3) is 15.9 Å². The summed E-state index contributed by atoms with van der Waals surface area (Å²) >= 11 is 2.28. The third-order valence-electron chi connectivity index (χ3n) is 2.40. The van der Waals surface area contributed by atoms with Crippen molar-refractivity contribution < 1.29 is 22.7 Å². The number of aromatic nitrogens is 1. The Morgan fingerprint density at radius 2 is 2.13 bits per heavy atom. The molecule has 0 aromatic carbocycles. The lowest BCUT2D eigenvalue weighted by Crippen LogP contribution is -2.32. The molecule has 124 valence electrons. The lowest BCUT2D eigenvalue weighted by Gasteiger charge is -2.06. The van der Waals surface area contributed by atoms with Crippen molar-refractivity contribution >= 4 is 49.7 Å². The number of rotatable bonds is 7. The van der Waals surface area contributed by atoms with E-state index in [1.807, 2.05) is 0 Å². The highest BCUT2D eigenvalue weighted by molar-refractivity contribution is 7.91. The maximum atomic E-state index is 11.8. The average molecular weight is 375 g/mol. The molecule has 0 saturated carbocycles. The molecule has 23 heavy (non-hydrogen) atoms. The number of nitrogens with zero attached hydrogens (tertiary/aromatic N) is 1. The van der Waals surface area contributed by atoms with E-state index in [0.717, 1.165) is 17.0 Å². The van der Waals surface area contributed by atoms with Gasteiger partial charge in [-0.15, -0.1) is 22.7 Å². The number of thiazole rings is 1. The van der Waals surface area contributed by atoms with Gasteiger partial charge in [0.2, 0.25) is 0 Å². The molecule has 0 aliphatic carbocycles. The standard InChI is InChI=1S/C12H13N3O5S3/c1-8-7-22-12(14-8)15-9(16)6-20-10(17)5-13-23(18,19)11-3-2-4-21-11/h2-4,7,13H,5-6H2,1H3,(H,14,15,16). The topological polar surface area (TPSA) is 114 Å². The van der Waals surface area contributed by atoms with Gasteiger partial charge in [0.15, 0.2) is 11.7 Å². The van der Waals surface area contributed by atoms with Gasteiger partial charge < -0.3 is 4.74 Å². The minimum Gasteiger partial charge on any atom is -0.455 e. The van der Waals surface area contributed by atoms with Gasteiger partial charge in [-0.05, 0) is 18.4 Å². The quantitative estimate of drug-likeness (QED) is 0.697. The number of anilines is 1. The van der Waals surface area contributed by atoms with Crippen molar-refractivity contribution in [2.75, 3.05) is 18.5 Å². The first kappa shape index (κ1) is 17.5. The number of nitrogens with one attached hydrogen (secondary N) is 2. The van der Waals surface area contributed by atoms with E-state index < -0.39 is 35.1 Å². The van der Waals surface area contributed by atoms with Crippen molar-refractivity contribution in [2.24, 2.45) is 0 Å². The first-order valence-electron chi connectivity index (χ1n) is 6.27. The Labute approximate surface area is 140 Å². The van der Waals surface area contributed by atoms with Crippen molar-refractivity contribution in [1.82, 2.24) is 9.71 Å². The number of esters is 1. The van der Waals surface area contributed by atoms with Crippen LogP contribution < -0.4 is 10.0 Å². The Balaban J connectivity index is 1.74. The number of hydrogen-bond acceptors (Lipinski definition) is 8. The van der Waals surface area contributed by atoms with Crippen molar-refractivity contribution in [1.29, 1.82) is 0 Å². The van der Waals surface area contributed by atoms with Crippen molar-refractivity contribution in [3.63, 3.8) is 0 Å². The van der Waals surface area contributed by atoms with E-state index in [1.165, 1.54) is 17.4 Å². The molecule has 0 unspecified atom stereocenters. The number of ether oxygens (including phenoxy) is 1. The Bertz CT molecular complexity index is 783. The van der Waals surface area contributed by atoms with Crippen LogP contribution in [0.25, 0.3) is 0 Å². The zero-order chi connectivity index (χ0) is 16.9. The van der Waals surface area contributed by atoms with E-state index in [9.17, 15) is 18.0 Å². The second-order valence-electron chi connectivity index (χ2n) is 4.26. The summed E-state index contributed by atoms with van der Waals surface area (Å²) in [4.78, 5) is 27.1. The number of aryl methyl sites for hydroxylation is 1. The Morgan fingerprint density at radius 3 is 2.74 bits per heavy atom. The molecule has 0 aliphatic rings. The molecule has 0 radical (unpaired) electrons. The highest BCUT2D eigenvalue weighted by atomic mass is 32.2. The van der Waals surface area contributed by atoms with Gasteiger partial charge in [-0.2, -0.15) is 4.72 Å². The summed E-state index contributed by atoms with van der Waals surface area (Å²) in [5.41, 5.74) is 0.769. The van der Waals surface area contributed by atoms with Crippen molar-refractivity contribution in [3.05, 3.63) is 28.6 Å². The number of sulfonamides is 1. The number of carbonyl (C=O) groups excluding carboxylic acids is 2. The molecule has 0 bridgehead atoms. The number of thiophene rings is 1. The third-order valence-corrected chi connectivity index (χ3v) is 6.07. The van der Waals surface area contributed by atoms with E-state index in [2.05, 4.69) is 15.0 Å². The number of hydrogen-bond donors (Lipinski definition) is 2. The Hall–Kier alpha value is -1.82. The molecule has 0 atom stereocenters. The maximum Gasteiger partial charge on any atom is 0.321 e. The fourth-order valence-corrected chi connectivity index (χ4v) is 4.12. The smallest absolute Gasteiger partial charge is 0.321 e. The summed E-state index contributed by atoms with van der Waals surface area (Å²) in [6.07, 6.45) is 0. The second kappa shape index (κ2) is 7.64. The molecular formula is C12H13N3O5S3. The fraction of sp³-hybridized carbons (Fsp3) is 0.250. The minimum atomic E-state index is -3.74. The highest BCUT2D eigenvalue weighted by Crippen LogP contribution is 2.15. The first-order valence-corrected chi connectivity index (χ1v) is 9.52. The summed E-state index contributed by atoms with van der Waals surface area (Å²) in [5.74, 6) is -1.40. The fourth-order valence-electron chi connectivity index (χ4n) is 1.41. The number of amides is 1. The summed E-state index contributed by atoms with van der Waals surface area (Å²) in [6, 6.07) is 3.00. The molecule has 0 fully saturated rings. The normalized spacial score (nSPS) is 11.2. The monoisotopic (exact) mass is 375 g/mol. The lowest BCUT2D eigenvalue weighted by molar-refractivity contribution is -0.146. The predicted octanol–water partition coefficient (Wildman–Crippen LogP) is 0.973. The molecule has 2 aromatic rings. The van der Waals surface area contributed by atoms with Gasteiger partial charge in [-0.1, -0.05) is 6.07 Å². The van der Waals surface area contributed by atoms with Crippen LogP contribution in [0, 0.1) is 6.92 Å². The van der Waals surface area contributed by atoms with Crippen LogP contribution in [0.3, 0.4) is 0 Å². The minimum absolute atomic E-state index is 0.0992. The Kier molecular flexibility index (Phi) is 5.82. The van der Waals surface area contributed by atoms with Gasteiger partial charge in [-0.3, -0.25) is 14.9 Å². The van der Waals surface area contributed by atoms with Crippen LogP contribution in [-0.4, -0.2) is 38.4 Å². The molecule has 8 nitrogen and oxygen atoms in total. The van der Waals surface area contributed by atoms with E-state index in [0.29, 0.717) is 5.13 Å². The van der Waals surface area contributed by atoms with Gasteiger partial charge in [0.1, 0.15) is 10.8 Å². The van der Waals surface area contributed by atoms with Gasteiger partial charge in [-0.25, -0.2) is 13.4 Å². The lowest BCUT2D eigenvalue weighted by atomic mass is 10.6.